The van der Waals surface area contributed by atoms with Gasteiger partial charge in [-0.3, -0.25) is 18.9 Å². The molecule has 12 heteroatoms. The summed E-state index contributed by atoms with van der Waals surface area (Å²) in [5, 5.41) is 26.2. The van der Waals surface area contributed by atoms with Gasteiger partial charge < -0.3 is 10.8 Å². The zero-order chi connectivity index (χ0) is 20.7. The largest absolute Gasteiger partial charge is 0.504 e. The molecule has 4 heterocycles. The van der Waals surface area contributed by atoms with Crippen LogP contribution < -0.4 is 5.73 Å². The molecule has 4 aromatic rings. The van der Waals surface area contributed by atoms with Crippen molar-refractivity contribution in [3.63, 3.8) is 0 Å². The molecule has 11 nitrogen and oxygen atoms in total. The number of aromatic hydroxyl groups is 1. The highest BCUT2D eigenvalue weighted by atomic mass is 19.1. The average molecular weight is 399 g/mol. The van der Waals surface area contributed by atoms with Gasteiger partial charge in [-0.2, -0.15) is 25.0 Å². The number of rotatable bonds is 6. The fourth-order valence-corrected chi connectivity index (χ4v) is 3.08. The van der Waals surface area contributed by atoms with E-state index in [0.717, 1.165) is 0 Å². The maximum Gasteiger partial charge on any atom is 0.269 e. The van der Waals surface area contributed by atoms with E-state index in [9.17, 15) is 14.3 Å². The van der Waals surface area contributed by atoms with Crippen LogP contribution >= 0.6 is 0 Å². The Morgan fingerprint density at radius 1 is 1.34 bits per heavy atom. The Kier molecular flexibility index (Phi) is 4.45. The van der Waals surface area contributed by atoms with Crippen LogP contribution in [0, 0.1) is 13.8 Å². The quantitative estimate of drug-likeness (QED) is 0.440. The number of pyridine rings is 1. The topological polar surface area (TPSA) is 153 Å². The Labute approximate surface area is 163 Å². The molecule has 0 spiro atoms. The summed E-state index contributed by atoms with van der Waals surface area (Å²) in [5.74, 6) is -0.425. The summed E-state index contributed by atoms with van der Waals surface area (Å²) >= 11 is 0. The van der Waals surface area contributed by atoms with E-state index >= 15 is 0 Å². The van der Waals surface area contributed by atoms with Crippen molar-refractivity contribution in [2.75, 3.05) is 6.67 Å². The van der Waals surface area contributed by atoms with E-state index in [1.54, 1.807) is 26.1 Å². The molecule has 0 unspecified atom stereocenters. The molecule has 0 aliphatic heterocycles. The van der Waals surface area contributed by atoms with E-state index < -0.39 is 12.6 Å². The SMILES string of the molecule is Cc1cc2c(C(N)=O)nn(-c3nc(-c4c(O)c(C)nn4CCCF)n[nH]3)c2cn1. The summed E-state index contributed by atoms with van der Waals surface area (Å²) in [6.07, 6.45) is 1.79. The molecule has 150 valence electrons. The van der Waals surface area contributed by atoms with Gasteiger partial charge in [0.2, 0.25) is 11.8 Å². The Hall–Kier alpha value is -3.83. The normalized spacial score (nSPS) is 11.4. The van der Waals surface area contributed by atoms with Gasteiger partial charge in [0.1, 0.15) is 11.4 Å². The standard InChI is InChI=1S/C17H18FN9O2/c1-8-6-10-11(7-20-8)27(25-12(10)15(19)29)17-21-16(22-23-17)13-14(28)9(2)24-26(13)5-3-4-18/h6-7,28H,3-5H2,1-2H3,(H2,19,29)(H,21,22,23). The third kappa shape index (κ3) is 3.07. The summed E-state index contributed by atoms with van der Waals surface area (Å²) < 4.78 is 15.4. The first-order valence-corrected chi connectivity index (χ1v) is 8.81. The van der Waals surface area contributed by atoms with Gasteiger partial charge >= 0.3 is 0 Å². The van der Waals surface area contributed by atoms with Crippen molar-refractivity contribution in [3.05, 3.63) is 29.3 Å². The lowest BCUT2D eigenvalue weighted by molar-refractivity contribution is 0.0996. The van der Waals surface area contributed by atoms with E-state index in [0.29, 0.717) is 22.3 Å². The minimum atomic E-state index is -0.684. The molecular weight excluding hydrogens is 381 g/mol. The number of aromatic nitrogens is 8. The summed E-state index contributed by atoms with van der Waals surface area (Å²) in [6, 6.07) is 1.71. The molecule has 0 aliphatic rings. The number of primary amides is 1. The molecule has 4 N–H and O–H groups in total. The number of nitrogens with one attached hydrogen (secondary N) is 1. The lowest BCUT2D eigenvalue weighted by atomic mass is 10.2. The van der Waals surface area contributed by atoms with Crippen LogP contribution in [-0.4, -0.2) is 57.4 Å². The van der Waals surface area contributed by atoms with E-state index in [1.807, 2.05) is 0 Å². The predicted octanol–water partition coefficient (Wildman–Crippen LogP) is 1.18. The van der Waals surface area contributed by atoms with Crippen LogP contribution in [0.4, 0.5) is 4.39 Å². The molecule has 0 bridgehead atoms. The van der Waals surface area contributed by atoms with Crippen LogP contribution in [0.3, 0.4) is 0 Å². The number of fused-ring (bicyclic) bond motifs is 1. The minimum Gasteiger partial charge on any atom is -0.504 e. The highest BCUT2D eigenvalue weighted by molar-refractivity contribution is 6.04. The molecule has 0 saturated heterocycles. The molecule has 4 rings (SSSR count). The second kappa shape index (κ2) is 6.96. The van der Waals surface area contributed by atoms with Crippen LogP contribution in [0.1, 0.15) is 28.3 Å². The number of halogens is 1. The fourth-order valence-electron chi connectivity index (χ4n) is 3.08. The zero-order valence-corrected chi connectivity index (χ0v) is 15.7. The van der Waals surface area contributed by atoms with E-state index in [2.05, 4.69) is 30.4 Å². The molecular formula is C17H18FN9O2. The van der Waals surface area contributed by atoms with Crippen molar-refractivity contribution >= 4 is 16.8 Å². The molecule has 0 aliphatic carbocycles. The molecule has 0 radical (unpaired) electrons. The van der Waals surface area contributed by atoms with Gasteiger partial charge in [0.25, 0.3) is 5.91 Å². The number of aromatic amines is 1. The summed E-state index contributed by atoms with van der Waals surface area (Å²) in [7, 11) is 0. The number of hydrogen-bond donors (Lipinski definition) is 3. The van der Waals surface area contributed by atoms with Gasteiger partial charge in [0.15, 0.2) is 11.4 Å². The first kappa shape index (κ1) is 18.5. The monoisotopic (exact) mass is 399 g/mol. The van der Waals surface area contributed by atoms with Gasteiger partial charge in [-0.05, 0) is 26.3 Å². The first-order valence-electron chi connectivity index (χ1n) is 8.81. The molecule has 0 aromatic carbocycles. The Morgan fingerprint density at radius 2 is 2.14 bits per heavy atom. The van der Waals surface area contributed by atoms with Crippen molar-refractivity contribution in [1.82, 2.24) is 39.7 Å². The molecule has 0 saturated carbocycles. The van der Waals surface area contributed by atoms with Crippen LogP contribution in [0.15, 0.2) is 12.3 Å². The first-order chi connectivity index (χ1) is 13.9. The maximum atomic E-state index is 12.6. The van der Waals surface area contributed by atoms with Crippen LogP contribution in [-0.2, 0) is 6.54 Å². The second-order valence-electron chi connectivity index (χ2n) is 6.50. The molecule has 0 fully saturated rings. The highest BCUT2D eigenvalue weighted by Crippen LogP contribution is 2.30. The number of amides is 1. The van der Waals surface area contributed by atoms with Crippen molar-refractivity contribution in [1.29, 1.82) is 0 Å². The summed E-state index contributed by atoms with van der Waals surface area (Å²) in [4.78, 5) is 20.4. The van der Waals surface area contributed by atoms with Gasteiger partial charge in [-0.1, -0.05) is 0 Å². The number of hydrogen-bond acceptors (Lipinski definition) is 7. The van der Waals surface area contributed by atoms with Crippen molar-refractivity contribution in [3.8, 4) is 23.2 Å². The van der Waals surface area contributed by atoms with Crippen molar-refractivity contribution in [2.24, 2.45) is 5.73 Å². The van der Waals surface area contributed by atoms with Gasteiger partial charge in [0.05, 0.1) is 18.4 Å². The number of H-pyrrole nitrogens is 1. The van der Waals surface area contributed by atoms with Crippen LogP contribution in [0.2, 0.25) is 0 Å². The summed E-state index contributed by atoms with van der Waals surface area (Å²) in [6.45, 7) is 3.17. The Bertz CT molecular complexity index is 1220. The average Bonchev–Trinajstić information content (AvgIpc) is 3.36. The molecule has 4 aromatic heterocycles. The van der Waals surface area contributed by atoms with Gasteiger partial charge in [0, 0.05) is 17.6 Å². The van der Waals surface area contributed by atoms with Crippen molar-refractivity contribution < 1.29 is 14.3 Å². The highest BCUT2D eigenvalue weighted by Gasteiger charge is 2.23. The van der Waals surface area contributed by atoms with Crippen LogP contribution in [0.5, 0.6) is 5.75 Å². The van der Waals surface area contributed by atoms with Gasteiger partial charge in [-0.15, -0.1) is 0 Å². The number of carbonyl (C=O) groups is 1. The van der Waals surface area contributed by atoms with E-state index in [4.69, 9.17) is 5.73 Å². The lowest BCUT2D eigenvalue weighted by Gasteiger charge is -2.03. The Morgan fingerprint density at radius 3 is 2.86 bits per heavy atom. The fraction of sp³-hybridized carbons (Fsp3) is 0.294. The minimum absolute atomic E-state index is 0.0788. The number of nitrogens with zero attached hydrogens (tertiary/aromatic N) is 7. The predicted molar refractivity (Wildman–Crippen MR) is 100 cm³/mol. The molecule has 29 heavy (non-hydrogen) atoms. The van der Waals surface area contributed by atoms with Crippen molar-refractivity contribution in [2.45, 2.75) is 26.8 Å². The number of carbonyl (C=O) groups excluding carboxylic acids is 1. The van der Waals surface area contributed by atoms with E-state index in [1.165, 1.54) is 9.36 Å². The van der Waals surface area contributed by atoms with E-state index in [-0.39, 0.29) is 41.9 Å². The third-order valence-corrected chi connectivity index (χ3v) is 4.42. The zero-order valence-electron chi connectivity index (χ0n) is 15.7. The Balaban J connectivity index is 1.83. The number of alkyl halides is 1. The summed E-state index contributed by atoms with van der Waals surface area (Å²) in [5.41, 5.74) is 7.39. The molecule has 1 amide bonds. The smallest absolute Gasteiger partial charge is 0.269 e. The number of aryl methyl sites for hydroxylation is 3. The van der Waals surface area contributed by atoms with Gasteiger partial charge in [-0.25, -0.2) is 5.10 Å². The maximum absolute atomic E-state index is 12.6. The number of nitrogens with two attached hydrogens (primary N) is 1. The lowest BCUT2D eigenvalue weighted by Crippen LogP contribution is -2.12. The third-order valence-electron chi connectivity index (χ3n) is 4.42. The second-order valence-corrected chi connectivity index (χ2v) is 6.50. The van der Waals surface area contributed by atoms with Crippen LogP contribution in [0.25, 0.3) is 28.4 Å². The molecule has 0 atom stereocenters.